The van der Waals surface area contributed by atoms with Crippen LogP contribution in [-0.2, 0) is 20.9 Å². The largest absolute Gasteiger partial charge is 0.509 e. The van der Waals surface area contributed by atoms with E-state index in [1.54, 1.807) is 0 Å². The fourth-order valence-electron chi connectivity index (χ4n) is 5.26. The van der Waals surface area contributed by atoms with Gasteiger partial charge in [-0.2, -0.15) is 0 Å². The standard InChI is InChI=1S/C27H31N3O4/c31-24-23(25(32)28-20-9-11-21(12-10-20)30-15-5-2-6-16-30)26(33)29-27(24)14-13-22(17-27)34-18-19-7-3-1-4-8-19/h1,3-4,7-12,22,31H,2,5-6,13-18H2,(H,28,32)(H,29,33). The SMILES string of the molecule is O=C(Nc1ccc(N2CCCCC2)cc1)C1=C(O)C2(CCC(OCc3ccccc3)C2)NC1=O. The highest BCUT2D eigenvalue weighted by atomic mass is 16.5. The highest BCUT2D eigenvalue weighted by Crippen LogP contribution is 2.41. The second kappa shape index (κ2) is 9.50. The summed E-state index contributed by atoms with van der Waals surface area (Å²) in [6, 6.07) is 17.5. The summed E-state index contributed by atoms with van der Waals surface area (Å²) in [7, 11) is 0. The Morgan fingerprint density at radius 3 is 2.56 bits per heavy atom. The number of anilines is 2. The average Bonchev–Trinajstić information content (AvgIpc) is 3.39. The summed E-state index contributed by atoms with van der Waals surface area (Å²) in [6.45, 7) is 2.57. The van der Waals surface area contributed by atoms with Gasteiger partial charge in [0.1, 0.15) is 16.9 Å². The molecule has 7 nitrogen and oxygen atoms in total. The van der Waals surface area contributed by atoms with Gasteiger partial charge in [-0.1, -0.05) is 30.3 Å². The number of benzene rings is 2. The van der Waals surface area contributed by atoms with Gasteiger partial charge in [0.05, 0.1) is 12.7 Å². The van der Waals surface area contributed by atoms with E-state index in [-0.39, 0.29) is 17.4 Å². The van der Waals surface area contributed by atoms with Crippen LogP contribution in [-0.4, -0.2) is 41.7 Å². The third-order valence-corrected chi connectivity index (χ3v) is 7.14. The van der Waals surface area contributed by atoms with Gasteiger partial charge in [0, 0.05) is 30.9 Å². The molecule has 0 radical (unpaired) electrons. The smallest absolute Gasteiger partial charge is 0.264 e. The van der Waals surface area contributed by atoms with Crippen molar-refractivity contribution >= 4 is 23.2 Å². The summed E-state index contributed by atoms with van der Waals surface area (Å²) in [5.41, 5.74) is 1.66. The van der Waals surface area contributed by atoms with Crippen molar-refractivity contribution in [2.75, 3.05) is 23.3 Å². The van der Waals surface area contributed by atoms with Gasteiger partial charge in [0.25, 0.3) is 11.8 Å². The van der Waals surface area contributed by atoms with Gasteiger partial charge in [0.15, 0.2) is 0 Å². The second-order valence-electron chi connectivity index (χ2n) is 9.47. The van der Waals surface area contributed by atoms with Gasteiger partial charge < -0.3 is 25.4 Å². The predicted molar refractivity (Wildman–Crippen MR) is 131 cm³/mol. The molecule has 0 bridgehead atoms. The molecule has 1 spiro atoms. The van der Waals surface area contributed by atoms with Crippen molar-refractivity contribution < 1.29 is 19.4 Å². The molecule has 34 heavy (non-hydrogen) atoms. The summed E-state index contributed by atoms with van der Waals surface area (Å²) in [6.07, 6.45) is 5.23. The number of aliphatic hydroxyl groups is 1. The molecule has 0 aromatic heterocycles. The molecule has 178 valence electrons. The van der Waals surface area contributed by atoms with E-state index in [4.69, 9.17) is 4.74 Å². The maximum absolute atomic E-state index is 12.9. The lowest BCUT2D eigenvalue weighted by atomic mass is 9.95. The number of piperidine rings is 1. The molecular weight excluding hydrogens is 430 g/mol. The van der Waals surface area contributed by atoms with Gasteiger partial charge in [-0.05, 0) is 61.9 Å². The first-order valence-electron chi connectivity index (χ1n) is 12.1. The summed E-state index contributed by atoms with van der Waals surface area (Å²) in [4.78, 5) is 28.0. The van der Waals surface area contributed by atoms with Crippen molar-refractivity contribution in [1.29, 1.82) is 0 Å². The van der Waals surface area contributed by atoms with Crippen molar-refractivity contribution in [3.05, 3.63) is 71.5 Å². The van der Waals surface area contributed by atoms with Crippen LogP contribution in [0.1, 0.15) is 44.1 Å². The summed E-state index contributed by atoms with van der Waals surface area (Å²) < 4.78 is 6.02. The third-order valence-electron chi connectivity index (χ3n) is 7.14. The van der Waals surface area contributed by atoms with Crippen molar-refractivity contribution in [1.82, 2.24) is 5.32 Å². The molecule has 5 rings (SSSR count). The molecule has 3 N–H and O–H groups in total. The Balaban J connectivity index is 1.23. The maximum Gasteiger partial charge on any atom is 0.264 e. The fourth-order valence-corrected chi connectivity index (χ4v) is 5.26. The van der Waals surface area contributed by atoms with Crippen LogP contribution in [0, 0.1) is 0 Å². The van der Waals surface area contributed by atoms with E-state index >= 15 is 0 Å². The molecule has 2 amide bonds. The molecule has 2 fully saturated rings. The van der Waals surface area contributed by atoms with E-state index in [1.165, 1.54) is 19.3 Å². The number of nitrogens with one attached hydrogen (secondary N) is 2. The van der Waals surface area contributed by atoms with E-state index in [1.807, 2.05) is 54.6 Å². The lowest BCUT2D eigenvalue weighted by Crippen LogP contribution is -2.43. The Hall–Kier alpha value is -3.32. The van der Waals surface area contributed by atoms with Crippen LogP contribution in [0.4, 0.5) is 11.4 Å². The Morgan fingerprint density at radius 2 is 1.82 bits per heavy atom. The molecule has 2 atom stereocenters. The van der Waals surface area contributed by atoms with E-state index in [0.29, 0.717) is 31.6 Å². The second-order valence-corrected chi connectivity index (χ2v) is 9.47. The van der Waals surface area contributed by atoms with E-state index < -0.39 is 17.4 Å². The molecular formula is C27H31N3O4. The Morgan fingerprint density at radius 1 is 1.09 bits per heavy atom. The van der Waals surface area contributed by atoms with Crippen LogP contribution in [0.3, 0.4) is 0 Å². The lowest BCUT2D eigenvalue weighted by molar-refractivity contribution is -0.121. The molecule has 1 aliphatic carbocycles. The number of carbonyl (C=O) groups excluding carboxylic acids is 2. The van der Waals surface area contributed by atoms with Crippen molar-refractivity contribution in [2.45, 2.75) is 56.8 Å². The number of hydrogen-bond donors (Lipinski definition) is 3. The normalized spacial score (nSPS) is 24.5. The minimum Gasteiger partial charge on any atom is -0.509 e. The Kier molecular flexibility index (Phi) is 6.28. The Bertz CT molecular complexity index is 1080. The van der Waals surface area contributed by atoms with Gasteiger partial charge >= 0.3 is 0 Å². The molecule has 7 heteroatoms. The number of ether oxygens (including phenoxy) is 1. The monoisotopic (exact) mass is 461 g/mol. The molecule has 2 aliphatic heterocycles. The number of amides is 2. The van der Waals surface area contributed by atoms with E-state index in [0.717, 1.165) is 24.3 Å². The zero-order chi connectivity index (χ0) is 23.5. The quantitative estimate of drug-likeness (QED) is 0.565. The minimum absolute atomic E-state index is 0.104. The number of aliphatic hydroxyl groups excluding tert-OH is 1. The highest BCUT2D eigenvalue weighted by Gasteiger charge is 2.52. The van der Waals surface area contributed by atoms with Crippen molar-refractivity contribution in [2.24, 2.45) is 0 Å². The number of rotatable bonds is 6. The van der Waals surface area contributed by atoms with Crippen LogP contribution in [0.25, 0.3) is 0 Å². The van der Waals surface area contributed by atoms with Crippen LogP contribution >= 0.6 is 0 Å². The minimum atomic E-state index is -0.927. The van der Waals surface area contributed by atoms with Crippen LogP contribution in [0.2, 0.25) is 0 Å². The Labute approximate surface area is 199 Å². The van der Waals surface area contributed by atoms with Gasteiger partial charge in [0.2, 0.25) is 0 Å². The average molecular weight is 462 g/mol. The summed E-state index contributed by atoms with van der Waals surface area (Å²) in [5, 5.41) is 16.6. The number of hydrogen-bond acceptors (Lipinski definition) is 5. The molecule has 1 saturated heterocycles. The topological polar surface area (TPSA) is 90.9 Å². The zero-order valence-electron chi connectivity index (χ0n) is 19.3. The van der Waals surface area contributed by atoms with Gasteiger partial charge in [-0.25, -0.2) is 0 Å². The van der Waals surface area contributed by atoms with Crippen LogP contribution < -0.4 is 15.5 Å². The lowest BCUT2D eigenvalue weighted by Gasteiger charge is -2.28. The van der Waals surface area contributed by atoms with Gasteiger partial charge in [-0.3, -0.25) is 9.59 Å². The van der Waals surface area contributed by atoms with Crippen molar-refractivity contribution in [3.8, 4) is 0 Å². The molecule has 2 heterocycles. The number of nitrogens with zero attached hydrogens (tertiary/aromatic N) is 1. The molecule has 2 aromatic rings. The predicted octanol–water partition coefficient (Wildman–Crippen LogP) is 4.07. The fraction of sp³-hybridized carbons (Fsp3) is 0.407. The first-order valence-corrected chi connectivity index (χ1v) is 12.1. The molecule has 2 aromatic carbocycles. The maximum atomic E-state index is 12.9. The van der Waals surface area contributed by atoms with E-state index in [2.05, 4.69) is 15.5 Å². The highest BCUT2D eigenvalue weighted by molar-refractivity contribution is 6.25. The zero-order valence-corrected chi connectivity index (χ0v) is 19.3. The summed E-state index contributed by atoms with van der Waals surface area (Å²) in [5.74, 6) is -1.30. The third kappa shape index (κ3) is 4.53. The summed E-state index contributed by atoms with van der Waals surface area (Å²) >= 11 is 0. The molecule has 3 aliphatic rings. The van der Waals surface area contributed by atoms with Gasteiger partial charge in [-0.15, -0.1) is 0 Å². The number of carbonyl (C=O) groups is 2. The van der Waals surface area contributed by atoms with Crippen LogP contribution in [0.5, 0.6) is 0 Å². The van der Waals surface area contributed by atoms with E-state index in [9.17, 15) is 14.7 Å². The first-order chi connectivity index (χ1) is 16.5. The molecule has 1 saturated carbocycles. The van der Waals surface area contributed by atoms with Crippen LogP contribution in [0.15, 0.2) is 65.9 Å². The molecule has 2 unspecified atom stereocenters. The first kappa shape index (κ1) is 22.5. The van der Waals surface area contributed by atoms with Crippen molar-refractivity contribution in [3.63, 3.8) is 0 Å².